The molecule has 0 radical (unpaired) electrons. The first-order valence-corrected chi connectivity index (χ1v) is 12.4. The number of imide groups is 1. The minimum Gasteiger partial charge on any atom is -0.460 e. The van der Waals surface area contributed by atoms with Crippen molar-refractivity contribution in [2.24, 2.45) is 0 Å². The standard InChI is InChI=1S/C21H19FN4O6S2/c1-34(30,31)25(10-2-9-23)12-17-8-7-16(32-17)11-18-20(28)26(21(29)33-18)13-19(27)24-15-5-3-14(22)4-6-15/h3-8,11H,2,10,12-13H2,1H3,(H,24,27)/b18-11-. The fraction of sp³-hybridized carbons (Fsp3) is 0.238. The summed E-state index contributed by atoms with van der Waals surface area (Å²) >= 11 is 0.632. The van der Waals surface area contributed by atoms with Gasteiger partial charge in [-0.15, -0.1) is 0 Å². The van der Waals surface area contributed by atoms with E-state index in [-0.39, 0.29) is 35.9 Å². The quantitative estimate of drug-likeness (QED) is 0.512. The van der Waals surface area contributed by atoms with Gasteiger partial charge >= 0.3 is 0 Å². The lowest BCUT2D eigenvalue weighted by Crippen LogP contribution is -2.36. The summed E-state index contributed by atoms with van der Waals surface area (Å²) in [4.78, 5) is 37.9. The van der Waals surface area contributed by atoms with Gasteiger partial charge in [-0.2, -0.15) is 9.57 Å². The normalized spacial score (nSPS) is 15.2. The number of anilines is 1. The number of furan rings is 1. The van der Waals surface area contributed by atoms with Crippen LogP contribution in [-0.2, 0) is 26.2 Å². The van der Waals surface area contributed by atoms with Gasteiger partial charge in [0.05, 0.1) is 23.8 Å². The molecule has 1 saturated heterocycles. The molecule has 1 aromatic heterocycles. The second kappa shape index (κ2) is 10.6. The maximum atomic E-state index is 13.0. The van der Waals surface area contributed by atoms with Crippen LogP contribution in [0.3, 0.4) is 0 Å². The van der Waals surface area contributed by atoms with Gasteiger partial charge in [0.15, 0.2) is 0 Å². The van der Waals surface area contributed by atoms with Crippen LogP contribution < -0.4 is 5.32 Å². The minimum atomic E-state index is -3.57. The molecule has 10 nitrogen and oxygen atoms in total. The van der Waals surface area contributed by atoms with Crippen LogP contribution in [0.15, 0.2) is 45.7 Å². The van der Waals surface area contributed by atoms with E-state index in [1.807, 2.05) is 6.07 Å². The number of hydrogen-bond donors (Lipinski definition) is 1. The van der Waals surface area contributed by atoms with E-state index in [1.54, 1.807) is 0 Å². The molecule has 0 atom stereocenters. The fourth-order valence-corrected chi connectivity index (χ4v) is 4.51. The number of nitriles is 1. The van der Waals surface area contributed by atoms with Gasteiger partial charge in [0.1, 0.15) is 23.9 Å². The molecule has 3 rings (SSSR count). The van der Waals surface area contributed by atoms with Crippen molar-refractivity contribution >= 4 is 50.6 Å². The SMILES string of the molecule is CS(=O)(=O)N(CCC#N)Cc1ccc(/C=C2\SC(=O)N(CC(=O)Nc3ccc(F)cc3)C2=O)o1. The van der Waals surface area contributed by atoms with Crippen molar-refractivity contribution in [1.29, 1.82) is 5.26 Å². The van der Waals surface area contributed by atoms with Crippen LogP contribution >= 0.6 is 11.8 Å². The van der Waals surface area contributed by atoms with E-state index in [2.05, 4.69) is 5.32 Å². The molecule has 178 valence electrons. The molecule has 0 saturated carbocycles. The third-order valence-corrected chi connectivity index (χ3v) is 6.69. The molecule has 0 unspecified atom stereocenters. The highest BCUT2D eigenvalue weighted by molar-refractivity contribution is 8.18. The Morgan fingerprint density at radius 2 is 1.97 bits per heavy atom. The molecule has 1 aromatic carbocycles. The molecular weight excluding hydrogens is 487 g/mol. The molecule has 0 aliphatic carbocycles. The van der Waals surface area contributed by atoms with Crippen LogP contribution in [0.1, 0.15) is 17.9 Å². The topological polar surface area (TPSA) is 141 Å². The predicted octanol–water partition coefficient (Wildman–Crippen LogP) is 2.77. The number of nitrogens with zero attached hydrogens (tertiary/aromatic N) is 3. The summed E-state index contributed by atoms with van der Waals surface area (Å²) in [7, 11) is -3.57. The zero-order valence-electron chi connectivity index (χ0n) is 17.9. The number of halogens is 1. The molecule has 1 aliphatic rings. The molecule has 34 heavy (non-hydrogen) atoms. The van der Waals surface area contributed by atoms with Crippen LogP contribution in [0.5, 0.6) is 0 Å². The highest BCUT2D eigenvalue weighted by Gasteiger charge is 2.36. The average molecular weight is 507 g/mol. The van der Waals surface area contributed by atoms with Crippen molar-refractivity contribution in [3.63, 3.8) is 0 Å². The number of carbonyl (C=O) groups excluding carboxylic acids is 3. The number of carbonyl (C=O) groups is 3. The van der Waals surface area contributed by atoms with E-state index in [4.69, 9.17) is 9.68 Å². The number of sulfonamides is 1. The second-order valence-electron chi connectivity index (χ2n) is 7.13. The number of thioether (sulfide) groups is 1. The van der Waals surface area contributed by atoms with E-state index in [9.17, 15) is 27.2 Å². The summed E-state index contributed by atoms with van der Waals surface area (Å²) in [6, 6.07) is 9.94. The maximum Gasteiger partial charge on any atom is 0.294 e. The van der Waals surface area contributed by atoms with Crippen LogP contribution in [0, 0.1) is 17.1 Å². The Kier molecular flexibility index (Phi) is 7.87. The minimum absolute atomic E-state index is 0.00421. The van der Waals surface area contributed by atoms with Crippen LogP contribution in [-0.4, -0.2) is 54.0 Å². The monoisotopic (exact) mass is 506 g/mol. The van der Waals surface area contributed by atoms with E-state index >= 15 is 0 Å². The van der Waals surface area contributed by atoms with E-state index in [1.165, 1.54) is 30.3 Å². The van der Waals surface area contributed by atoms with E-state index in [0.29, 0.717) is 17.4 Å². The molecule has 3 amide bonds. The third-order valence-electron chi connectivity index (χ3n) is 4.53. The number of benzene rings is 1. The van der Waals surface area contributed by atoms with Crippen molar-refractivity contribution in [2.45, 2.75) is 13.0 Å². The van der Waals surface area contributed by atoms with Gasteiger partial charge < -0.3 is 9.73 Å². The summed E-state index contributed by atoms with van der Waals surface area (Å²) in [5.74, 6) is -1.29. The first kappa shape index (κ1) is 25.2. The largest absolute Gasteiger partial charge is 0.460 e. The van der Waals surface area contributed by atoms with Gasteiger partial charge in [-0.25, -0.2) is 12.8 Å². The van der Waals surface area contributed by atoms with Gasteiger partial charge in [-0.1, -0.05) is 0 Å². The van der Waals surface area contributed by atoms with E-state index in [0.717, 1.165) is 27.6 Å². The molecule has 1 N–H and O–H groups in total. The van der Waals surface area contributed by atoms with Crippen LogP contribution in [0.4, 0.5) is 14.9 Å². The van der Waals surface area contributed by atoms with Crippen molar-refractivity contribution in [3.8, 4) is 6.07 Å². The zero-order valence-corrected chi connectivity index (χ0v) is 19.5. The van der Waals surface area contributed by atoms with Crippen LogP contribution in [0.25, 0.3) is 6.08 Å². The highest BCUT2D eigenvalue weighted by Crippen LogP contribution is 2.32. The van der Waals surface area contributed by atoms with Gasteiger partial charge in [-0.3, -0.25) is 19.3 Å². The average Bonchev–Trinajstić information content (AvgIpc) is 3.31. The second-order valence-corrected chi connectivity index (χ2v) is 10.1. The van der Waals surface area contributed by atoms with Crippen molar-refractivity contribution in [1.82, 2.24) is 9.21 Å². The molecule has 1 aliphatic heterocycles. The lowest BCUT2D eigenvalue weighted by atomic mass is 10.3. The molecule has 2 aromatic rings. The summed E-state index contributed by atoms with van der Waals surface area (Å²) in [5, 5.41) is 10.5. The highest BCUT2D eigenvalue weighted by atomic mass is 32.2. The summed E-state index contributed by atoms with van der Waals surface area (Å²) < 4.78 is 43.4. The molecule has 0 bridgehead atoms. The molecule has 2 heterocycles. The number of rotatable bonds is 9. The lowest BCUT2D eigenvalue weighted by Gasteiger charge is -2.16. The number of hydrogen-bond acceptors (Lipinski definition) is 8. The Balaban J connectivity index is 1.65. The van der Waals surface area contributed by atoms with Crippen molar-refractivity contribution in [2.75, 3.05) is 24.7 Å². The smallest absolute Gasteiger partial charge is 0.294 e. The number of amides is 3. The predicted molar refractivity (Wildman–Crippen MR) is 122 cm³/mol. The van der Waals surface area contributed by atoms with Gasteiger partial charge in [0, 0.05) is 24.7 Å². The molecular formula is C21H19FN4O6S2. The first-order chi connectivity index (χ1) is 16.1. The Morgan fingerprint density at radius 1 is 1.26 bits per heavy atom. The van der Waals surface area contributed by atoms with Crippen LogP contribution in [0.2, 0.25) is 0 Å². The molecule has 0 spiro atoms. The Hall–Kier alpha value is -3.47. The Morgan fingerprint density at radius 3 is 2.62 bits per heavy atom. The van der Waals surface area contributed by atoms with Crippen molar-refractivity contribution < 1.29 is 31.6 Å². The summed E-state index contributed by atoms with van der Waals surface area (Å²) in [6.45, 7) is -0.616. The molecule has 13 heteroatoms. The summed E-state index contributed by atoms with van der Waals surface area (Å²) in [5.41, 5.74) is 0.315. The third kappa shape index (κ3) is 6.53. The van der Waals surface area contributed by atoms with Gasteiger partial charge in [-0.05, 0) is 48.2 Å². The van der Waals surface area contributed by atoms with Crippen molar-refractivity contribution in [3.05, 3.63) is 58.6 Å². The zero-order chi connectivity index (χ0) is 24.9. The van der Waals surface area contributed by atoms with E-state index < -0.39 is 39.4 Å². The number of nitrogens with one attached hydrogen (secondary N) is 1. The lowest BCUT2D eigenvalue weighted by molar-refractivity contribution is -0.127. The fourth-order valence-electron chi connectivity index (χ4n) is 2.91. The maximum absolute atomic E-state index is 13.0. The first-order valence-electron chi connectivity index (χ1n) is 9.78. The van der Waals surface area contributed by atoms with Gasteiger partial charge in [0.25, 0.3) is 11.1 Å². The molecule has 1 fully saturated rings. The van der Waals surface area contributed by atoms with Gasteiger partial charge in [0.2, 0.25) is 15.9 Å². The summed E-state index contributed by atoms with van der Waals surface area (Å²) in [6.07, 6.45) is 2.37. The Bertz CT molecular complexity index is 1280. The Labute approximate surface area is 199 Å².